The summed E-state index contributed by atoms with van der Waals surface area (Å²) in [4.78, 5) is 16.9. The lowest BCUT2D eigenvalue weighted by Gasteiger charge is -2.25. The number of carboxylic acid groups (broad SMARTS) is 1. The molecule has 1 rings (SSSR count). The van der Waals surface area contributed by atoms with E-state index >= 15 is 0 Å². The number of rotatable bonds is 13. The van der Waals surface area contributed by atoms with E-state index in [9.17, 15) is 0 Å². The van der Waals surface area contributed by atoms with Gasteiger partial charge in [-0.3, -0.25) is 9.59 Å². The first-order valence-corrected chi connectivity index (χ1v) is 13.8. The van der Waals surface area contributed by atoms with Crippen LogP contribution in [0.15, 0.2) is 24.3 Å². The lowest BCUT2D eigenvalue weighted by molar-refractivity contribution is -0.122. The van der Waals surface area contributed by atoms with Gasteiger partial charge < -0.3 is 25.1 Å². The van der Waals surface area contributed by atoms with Gasteiger partial charge in [-0.2, -0.15) is 0 Å². The molecule has 37 heavy (non-hydrogen) atoms. The van der Waals surface area contributed by atoms with Gasteiger partial charge in [0.25, 0.3) is 6.47 Å². The van der Waals surface area contributed by atoms with Crippen LogP contribution in [0.4, 0.5) is 0 Å². The molecular weight excluding hydrogens is 470 g/mol. The number of amides is 1. The van der Waals surface area contributed by atoms with Crippen LogP contribution in [0.2, 0.25) is 0 Å². The minimum Gasteiger partial charge on any atom is -0.494 e. The SMILES string of the molecule is CCC.CCCC.CCCOCCCCCCOc1cccc(C(C)OC(C)(C)C)c1.NC=O.O=CO. The summed E-state index contributed by atoms with van der Waals surface area (Å²) in [5.41, 5.74) is 5.19. The zero-order chi connectivity index (χ0) is 29.4. The van der Waals surface area contributed by atoms with E-state index in [0.29, 0.717) is 0 Å². The van der Waals surface area contributed by atoms with Crippen molar-refractivity contribution in [2.24, 2.45) is 5.73 Å². The number of ether oxygens (including phenoxy) is 3. The highest BCUT2D eigenvalue weighted by Crippen LogP contribution is 2.26. The number of hydrogen-bond donors (Lipinski definition) is 2. The standard InChI is InChI=1S/C21H36O3.C4H10.C3H8.CH3NO.CH2O2/c1-6-14-22-15-9-7-8-10-16-23-20-13-11-12-19(17-20)18(2)24-21(3,4)5;1-3-4-2;1-3-2;2*2-1-3/h11-13,17-18H,6-10,14-16H2,1-5H3;3-4H2,1-2H3;3H2,1-2H3;1H,(H2,2,3);1H,(H,2,3). The predicted molar refractivity (Wildman–Crippen MR) is 156 cm³/mol. The van der Waals surface area contributed by atoms with Gasteiger partial charge in [0.2, 0.25) is 6.41 Å². The van der Waals surface area contributed by atoms with E-state index < -0.39 is 0 Å². The molecule has 0 heterocycles. The van der Waals surface area contributed by atoms with Crippen LogP contribution in [0.3, 0.4) is 0 Å². The molecule has 220 valence electrons. The molecule has 0 aliphatic carbocycles. The number of primary amides is 1. The fourth-order valence-electron chi connectivity index (χ4n) is 2.55. The molecule has 1 atom stereocenters. The van der Waals surface area contributed by atoms with Crippen molar-refractivity contribution in [3.63, 3.8) is 0 Å². The van der Waals surface area contributed by atoms with Crippen molar-refractivity contribution < 1.29 is 28.9 Å². The Bertz CT molecular complexity index is 567. The average Bonchev–Trinajstić information content (AvgIpc) is 2.84. The molecule has 0 aromatic heterocycles. The molecular formula is C30H59NO6. The van der Waals surface area contributed by atoms with Crippen molar-refractivity contribution in [3.8, 4) is 5.75 Å². The lowest BCUT2D eigenvalue weighted by Crippen LogP contribution is -2.21. The summed E-state index contributed by atoms with van der Waals surface area (Å²) in [6.45, 7) is 21.4. The number of carbonyl (C=O) groups excluding carboxylic acids is 1. The molecule has 7 nitrogen and oxygen atoms in total. The van der Waals surface area contributed by atoms with Crippen molar-refractivity contribution in [2.45, 2.75) is 125 Å². The quantitative estimate of drug-likeness (QED) is 0.198. The van der Waals surface area contributed by atoms with Crippen LogP contribution in [0.1, 0.15) is 125 Å². The summed E-state index contributed by atoms with van der Waals surface area (Å²) >= 11 is 0. The third-order valence-corrected chi connectivity index (χ3v) is 4.16. The minimum absolute atomic E-state index is 0.0664. The number of carbonyl (C=O) groups is 2. The number of nitrogens with two attached hydrogens (primary N) is 1. The van der Waals surface area contributed by atoms with Crippen LogP contribution < -0.4 is 10.5 Å². The third-order valence-electron chi connectivity index (χ3n) is 4.16. The maximum absolute atomic E-state index is 8.58. The highest BCUT2D eigenvalue weighted by molar-refractivity contribution is 5.42. The van der Waals surface area contributed by atoms with Gasteiger partial charge in [-0.1, -0.05) is 72.4 Å². The molecule has 1 aromatic rings. The second kappa shape index (κ2) is 33.9. The molecule has 0 saturated heterocycles. The van der Waals surface area contributed by atoms with Gasteiger partial charge >= 0.3 is 0 Å². The average molecular weight is 530 g/mol. The normalized spacial score (nSPS) is 10.4. The first-order valence-electron chi connectivity index (χ1n) is 13.8. The Balaban J connectivity index is -0.000000349. The minimum atomic E-state index is -0.250. The largest absolute Gasteiger partial charge is 0.494 e. The van der Waals surface area contributed by atoms with E-state index in [4.69, 9.17) is 28.9 Å². The molecule has 1 amide bonds. The molecule has 0 fully saturated rings. The Morgan fingerprint density at radius 2 is 1.38 bits per heavy atom. The predicted octanol–water partition coefficient (Wildman–Crippen LogP) is 7.95. The summed E-state index contributed by atoms with van der Waals surface area (Å²) in [6, 6.07) is 8.25. The van der Waals surface area contributed by atoms with E-state index in [-0.39, 0.29) is 24.6 Å². The summed E-state index contributed by atoms with van der Waals surface area (Å²) in [7, 11) is 0. The maximum atomic E-state index is 8.58. The summed E-state index contributed by atoms with van der Waals surface area (Å²) in [5, 5.41) is 6.89. The summed E-state index contributed by atoms with van der Waals surface area (Å²) in [6.07, 6.45) is 9.95. The summed E-state index contributed by atoms with van der Waals surface area (Å²) < 4.78 is 17.4. The van der Waals surface area contributed by atoms with Gasteiger partial charge in [0, 0.05) is 13.2 Å². The van der Waals surface area contributed by atoms with Gasteiger partial charge in [-0.15, -0.1) is 0 Å². The second-order valence-corrected chi connectivity index (χ2v) is 9.27. The van der Waals surface area contributed by atoms with Crippen molar-refractivity contribution in [3.05, 3.63) is 29.8 Å². The molecule has 0 bridgehead atoms. The number of benzene rings is 1. The number of hydrogen-bond acceptors (Lipinski definition) is 5. The van der Waals surface area contributed by atoms with Crippen LogP contribution in [0.5, 0.6) is 5.75 Å². The zero-order valence-electron chi connectivity index (χ0n) is 25.4. The Hall–Kier alpha value is -2.12. The molecule has 3 N–H and O–H groups in total. The Morgan fingerprint density at radius 3 is 1.81 bits per heavy atom. The number of unbranched alkanes of at least 4 members (excludes halogenated alkanes) is 4. The molecule has 0 aliphatic heterocycles. The van der Waals surface area contributed by atoms with Crippen LogP contribution in [-0.2, 0) is 19.1 Å². The van der Waals surface area contributed by atoms with Crippen LogP contribution >= 0.6 is 0 Å². The highest BCUT2D eigenvalue weighted by atomic mass is 16.5. The summed E-state index contributed by atoms with van der Waals surface area (Å²) in [5.74, 6) is 0.933. The third kappa shape index (κ3) is 41.3. The monoisotopic (exact) mass is 529 g/mol. The van der Waals surface area contributed by atoms with Gasteiger partial charge in [0.1, 0.15) is 5.75 Å². The molecule has 7 heteroatoms. The Kier molecular flexibility index (Phi) is 38.4. The smallest absolute Gasteiger partial charge is 0.290 e. The molecule has 0 spiro atoms. The molecule has 1 aromatic carbocycles. The van der Waals surface area contributed by atoms with E-state index in [1.165, 1.54) is 32.1 Å². The van der Waals surface area contributed by atoms with E-state index in [2.05, 4.69) is 80.2 Å². The molecule has 0 saturated carbocycles. The fourth-order valence-corrected chi connectivity index (χ4v) is 2.55. The maximum Gasteiger partial charge on any atom is 0.290 e. The first-order chi connectivity index (χ1) is 17.6. The van der Waals surface area contributed by atoms with Crippen LogP contribution in [0, 0.1) is 0 Å². The van der Waals surface area contributed by atoms with Gasteiger partial charge in [-0.25, -0.2) is 0 Å². The lowest BCUT2D eigenvalue weighted by atomic mass is 10.1. The molecule has 0 radical (unpaired) electrons. The van der Waals surface area contributed by atoms with Crippen molar-refractivity contribution in [1.82, 2.24) is 0 Å². The van der Waals surface area contributed by atoms with E-state index in [0.717, 1.165) is 50.4 Å². The van der Waals surface area contributed by atoms with Gasteiger partial charge in [0.05, 0.1) is 18.3 Å². The van der Waals surface area contributed by atoms with E-state index in [1.807, 2.05) is 12.1 Å². The Morgan fingerprint density at radius 1 is 0.892 bits per heavy atom. The Labute approximate surface area is 228 Å². The van der Waals surface area contributed by atoms with Crippen LogP contribution in [-0.4, -0.2) is 43.4 Å². The van der Waals surface area contributed by atoms with Gasteiger partial charge in [0.15, 0.2) is 0 Å². The van der Waals surface area contributed by atoms with Crippen molar-refractivity contribution >= 4 is 12.9 Å². The topological polar surface area (TPSA) is 108 Å². The fraction of sp³-hybridized carbons (Fsp3) is 0.733. The van der Waals surface area contributed by atoms with Crippen LogP contribution in [0.25, 0.3) is 0 Å². The van der Waals surface area contributed by atoms with E-state index in [1.54, 1.807) is 0 Å². The van der Waals surface area contributed by atoms with Crippen molar-refractivity contribution in [1.29, 1.82) is 0 Å². The zero-order valence-corrected chi connectivity index (χ0v) is 25.4. The molecule has 1 unspecified atom stereocenters. The highest BCUT2D eigenvalue weighted by Gasteiger charge is 2.16. The second-order valence-electron chi connectivity index (χ2n) is 9.27. The van der Waals surface area contributed by atoms with Crippen molar-refractivity contribution in [2.75, 3.05) is 19.8 Å². The van der Waals surface area contributed by atoms with Gasteiger partial charge in [-0.05, 0) is 71.1 Å². The molecule has 0 aliphatic rings. The first kappa shape index (κ1) is 42.0.